The fourth-order valence-electron chi connectivity index (χ4n) is 3.39. The fourth-order valence-corrected chi connectivity index (χ4v) is 3.39. The molecule has 25 heavy (non-hydrogen) atoms. The lowest BCUT2D eigenvalue weighted by atomic mass is 10.1. The van der Waals surface area contributed by atoms with E-state index in [-0.39, 0.29) is 6.03 Å². The van der Waals surface area contributed by atoms with E-state index in [2.05, 4.69) is 27.9 Å². The number of nitrogens with zero attached hydrogens (tertiary/aromatic N) is 2. The molecule has 1 aliphatic carbocycles. The molecule has 132 valence electrons. The van der Waals surface area contributed by atoms with Gasteiger partial charge in [0.15, 0.2) is 0 Å². The Bertz CT molecular complexity index is 791. The highest BCUT2D eigenvalue weighted by Crippen LogP contribution is 2.49. The van der Waals surface area contributed by atoms with Crippen LogP contribution >= 0.6 is 0 Å². The monoisotopic (exact) mass is 339 g/mol. The van der Waals surface area contributed by atoms with Gasteiger partial charge in [-0.3, -0.25) is 0 Å². The van der Waals surface area contributed by atoms with Crippen LogP contribution in [0.4, 0.5) is 4.79 Å². The van der Waals surface area contributed by atoms with Gasteiger partial charge in [0.25, 0.3) is 0 Å². The van der Waals surface area contributed by atoms with Crippen LogP contribution in [0.3, 0.4) is 0 Å². The number of hydrogen-bond donors (Lipinski definition) is 3. The Kier molecular flexibility index (Phi) is 5.25. The van der Waals surface area contributed by atoms with Crippen LogP contribution < -0.4 is 10.6 Å². The molecule has 1 heterocycles. The van der Waals surface area contributed by atoms with Gasteiger partial charge in [0.05, 0.1) is 11.6 Å². The van der Waals surface area contributed by atoms with Crippen molar-refractivity contribution in [3.05, 3.63) is 35.5 Å². The maximum Gasteiger partial charge on any atom is 0.317 e. The molecular weight excluding hydrogens is 314 g/mol. The second-order valence-corrected chi connectivity index (χ2v) is 6.59. The van der Waals surface area contributed by atoms with E-state index in [4.69, 9.17) is 5.26 Å². The first-order valence-electron chi connectivity index (χ1n) is 8.86. The lowest BCUT2D eigenvalue weighted by Crippen LogP contribution is -2.43. The number of H-pyrrole nitrogens is 1. The summed E-state index contributed by atoms with van der Waals surface area (Å²) in [7, 11) is 1.87. The van der Waals surface area contributed by atoms with Crippen LogP contribution in [0.25, 0.3) is 10.9 Å². The van der Waals surface area contributed by atoms with Gasteiger partial charge in [0.2, 0.25) is 0 Å². The molecule has 1 aliphatic rings. The van der Waals surface area contributed by atoms with Crippen molar-refractivity contribution < 1.29 is 4.79 Å². The van der Waals surface area contributed by atoms with Gasteiger partial charge in [-0.2, -0.15) is 5.26 Å². The van der Waals surface area contributed by atoms with Crippen molar-refractivity contribution in [2.24, 2.45) is 5.92 Å². The number of urea groups is 1. The van der Waals surface area contributed by atoms with Crippen molar-refractivity contribution in [1.29, 1.82) is 5.26 Å². The molecule has 2 atom stereocenters. The molecule has 3 rings (SSSR count). The third-order valence-corrected chi connectivity index (χ3v) is 4.94. The average molecular weight is 339 g/mol. The molecule has 2 aromatic rings. The molecule has 1 aromatic carbocycles. The van der Waals surface area contributed by atoms with Crippen LogP contribution in [0.15, 0.2) is 24.4 Å². The second kappa shape index (κ2) is 7.58. The van der Waals surface area contributed by atoms with Gasteiger partial charge in [-0.05, 0) is 56.0 Å². The Balaban J connectivity index is 1.64. The SMILES string of the molecule is CCN(C[C@@H]1C[C@H]1c1c[nH]c2ccc(C#N)cc12)C(=O)NCCNC. The fraction of sp³-hybridized carbons (Fsp3) is 0.474. The molecule has 0 bridgehead atoms. The van der Waals surface area contributed by atoms with Crippen LogP contribution in [0.5, 0.6) is 0 Å². The lowest BCUT2D eigenvalue weighted by Gasteiger charge is -2.21. The van der Waals surface area contributed by atoms with Crippen molar-refractivity contribution >= 4 is 16.9 Å². The quantitative estimate of drug-likeness (QED) is 0.677. The molecule has 0 aliphatic heterocycles. The van der Waals surface area contributed by atoms with Crippen molar-refractivity contribution in [2.45, 2.75) is 19.3 Å². The molecule has 0 spiro atoms. The molecule has 1 fully saturated rings. The number of fused-ring (bicyclic) bond motifs is 1. The minimum atomic E-state index is 0.00842. The molecule has 0 radical (unpaired) electrons. The number of aromatic nitrogens is 1. The largest absolute Gasteiger partial charge is 0.361 e. The molecule has 2 amide bonds. The van der Waals surface area contributed by atoms with Gasteiger partial charge in [-0.25, -0.2) is 4.79 Å². The second-order valence-electron chi connectivity index (χ2n) is 6.59. The standard InChI is InChI=1S/C19H25N5O/c1-3-24(19(25)22-7-6-21-2)12-14-9-15(14)17-11-23-18-5-4-13(10-20)8-16(17)18/h4-5,8,11,14-15,21,23H,3,6-7,9,12H2,1-2H3,(H,22,25)/t14-,15+/m0/s1. The van der Waals surface area contributed by atoms with E-state index < -0.39 is 0 Å². The first-order chi connectivity index (χ1) is 12.2. The van der Waals surface area contributed by atoms with Crippen LogP contribution in [0.2, 0.25) is 0 Å². The lowest BCUT2D eigenvalue weighted by molar-refractivity contribution is 0.198. The first-order valence-corrected chi connectivity index (χ1v) is 8.86. The summed E-state index contributed by atoms with van der Waals surface area (Å²) < 4.78 is 0. The van der Waals surface area contributed by atoms with E-state index in [1.807, 2.05) is 37.1 Å². The summed E-state index contributed by atoms with van der Waals surface area (Å²) in [5.41, 5.74) is 3.02. The number of nitrogens with one attached hydrogen (secondary N) is 3. The van der Waals surface area contributed by atoms with Crippen molar-refractivity contribution in [2.75, 3.05) is 33.2 Å². The highest BCUT2D eigenvalue weighted by atomic mass is 16.2. The smallest absolute Gasteiger partial charge is 0.317 e. The Morgan fingerprint density at radius 1 is 1.44 bits per heavy atom. The molecule has 1 aromatic heterocycles. The molecule has 6 heteroatoms. The zero-order chi connectivity index (χ0) is 17.8. The first kappa shape index (κ1) is 17.3. The van der Waals surface area contributed by atoms with E-state index in [0.29, 0.717) is 30.5 Å². The summed E-state index contributed by atoms with van der Waals surface area (Å²) in [6.45, 7) is 4.91. The number of nitriles is 1. The average Bonchev–Trinajstić information content (AvgIpc) is 3.27. The highest BCUT2D eigenvalue weighted by Gasteiger charge is 2.41. The van der Waals surface area contributed by atoms with Crippen LogP contribution in [-0.4, -0.2) is 49.1 Å². The van der Waals surface area contributed by atoms with Gasteiger partial charge in [0.1, 0.15) is 0 Å². The van der Waals surface area contributed by atoms with Crippen molar-refractivity contribution in [1.82, 2.24) is 20.5 Å². The summed E-state index contributed by atoms with van der Waals surface area (Å²) in [5.74, 6) is 0.946. The summed E-state index contributed by atoms with van der Waals surface area (Å²) in [5, 5.41) is 16.2. The maximum atomic E-state index is 12.2. The maximum absolute atomic E-state index is 12.2. The van der Waals surface area contributed by atoms with Crippen LogP contribution in [0.1, 0.15) is 30.4 Å². The Labute approximate surface area is 148 Å². The minimum Gasteiger partial charge on any atom is -0.361 e. The third-order valence-electron chi connectivity index (χ3n) is 4.94. The summed E-state index contributed by atoms with van der Waals surface area (Å²) >= 11 is 0. The highest BCUT2D eigenvalue weighted by molar-refractivity contribution is 5.85. The minimum absolute atomic E-state index is 0.00842. The normalized spacial score (nSPS) is 18.8. The summed E-state index contributed by atoms with van der Waals surface area (Å²) in [6.07, 6.45) is 3.14. The van der Waals surface area contributed by atoms with E-state index >= 15 is 0 Å². The number of likely N-dealkylation sites (N-methyl/N-ethyl adjacent to an activating group) is 1. The van der Waals surface area contributed by atoms with Gasteiger partial charge in [-0.1, -0.05) is 0 Å². The zero-order valence-electron chi connectivity index (χ0n) is 14.8. The summed E-state index contributed by atoms with van der Waals surface area (Å²) in [6, 6.07) is 7.97. The topological polar surface area (TPSA) is 84.0 Å². The summed E-state index contributed by atoms with van der Waals surface area (Å²) in [4.78, 5) is 17.4. The van der Waals surface area contributed by atoms with Gasteiger partial charge in [-0.15, -0.1) is 0 Å². The number of benzene rings is 1. The van der Waals surface area contributed by atoms with Crippen molar-refractivity contribution in [3.63, 3.8) is 0 Å². The van der Waals surface area contributed by atoms with Crippen LogP contribution in [-0.2, 0) is 0 Å². The molecule has 6 nitrogen and oxygen atoms in total. The Hall–Kier alpha value is -2.52. The van der Waals surface area contributed by atoms with Gasteiger partial charge in [0, 0.05) is 43.3 Å². The zero-order valence-corrected chi connectivity index (χ0v) is 14.8. The van der Waals surface area contributed by atoms with E-state index in [1.165, 1.54) is 5.56 Å². The number of amides is 2. The van der Waals surface area contributed by atoms with Gasteiger partial charge >= 0.3 is 6.03 Å². The molecular formula is C19H25N5O. The molecule has 1 saturated carbocycles. The number of carbonyl (C=O) groups excluding carboxylic acids is 1. The third kappa shape index (κ3) is 3.77. The number of rotatable bonds is 7. The predicted molar refractivity (Wildman–Crippen MR) is 98.4 cm³/mol. The molecule has 3 N–H and O–H groups in total. The molecule has 0 unspecified atom stereocenters. The van der Waals surface area contributed by atoms with E-state index in [0.717, 1.165) is 30.4 Å². The number of carbonyl (C=O) groups is 1. The Morgan fingerprint density at radius 3 is 3.00 bits per heavy atom. The van der Waals surface area contributed by atoms with Gasteiger partial charge < -0.3 is 20.5 Å². The van der Waals surface area contributed by atoms with E-state index in [9.17, 15) is 4.79 Å². The van der Waals surface area contributed by atoms with Crippen LogP contribution in [0, 0.1) is 17.2 Å². The number of aromatic amines is 1. The predicted octanol–water partition coefficient (Wildman–Crippen LogP) is 2.39. The van der Waals surface area contributed by atoms with Crippen molar-refractivity contribution in [3.8, 4) is 6.07 Å². The number of hydrogen-bond acceptors (Lipinski definition) is 3. The molecule has 0 saturated heterocycles. The van der Waals surface area contributed by atoms with E-state index in [1.54, 1.807) is 0 Å². The Morgan fingerprint density at radius 2 is 2.28 bits per heavy atom.